The fraction of sp³-hybridized carbons (Fsp3) is 0.111. The van der Waals surface area contributed by atoms with Crippen LogP contribution in [0.5, 0.6) is 5.75 Å². The fourth-order valence-corrected chi connectivity index (χ4v) is 6.25. The van der Waals surface area contributed by atoms with Gasteiger partial charge in [-0.25, -0.2) is 9.78 Å². The maximum Gasteiger partial charge on any atom is 0.346 e. The van der Waals surface area contributed by atoms with E-state index in [9.17, 15) is 9.59 Å². The number of ether oxygens (including phenoxy) is 2. The first-order valence-electron chi connectivity index (χ1n) is 11.2. The first-order chi connectivity index (χ1) is 18.2. The molecule has 0 saturated carbocycles. The van der Waals surface area contributed by atoms with Crippen molar-refractivity contribution >= 4 is 95.2 Å². The average molecular weight is 798 g/mol. The van der Waals surface area contributed by atoms with Crippen LogP contribution in [-0.2, 0) is 9.53 Å². The maximum atomic E-state index is 13.5. The molecule has 0 aliphatic heterocycles. The van der Waals surface area contributed by atoms with Crippen molar-refractivity contribution in [1.82, 2.24) is 9.66 Å². The zero-order valence-electron chi connectivity index (χ0n) is 19.9. The Hall–Kier alpha value is -2.78. The molecule has 2 heterocycles. The van der Waals surface area contributed by atoms with Crippen molar-refractivity contribution in [3.8, 4) is 17.3 Å². The predicted octanol–water partition coefficient (Wildman–Crippen LogP) is 6.60. The minimum Gasteiger partial charge on any atom is -0.477 e. The summed E-state index contributed by atoms with van der Waals surface area (Å²) in [6, 6.07) is 18.3. The molecule has 0 aliphatic carbocycles. The summed E-state index contributed by atoms with van der Waals surface area (Å²) in [7, 11) is 1.32. The Bertz CT molecular complexity index is 1770. The van der Waals surface area contributed by atoms with Crippen LogP contribution >= 0.6 is 61.1 Å². The number of benzene rings is 3. The van der Waals surface area contributed by atoms with E-state index in [2.05, 4.69) is 66.2 Å². The molecule has 2 aromatic heterocycles. The highest BCUT2D eigenvalue weighted by molar-refractivity contribution is 14.1. The number of methoxy groups -OCH3 is 1. The summed E-state index contributed by atoms with van der Waals surface area (Å²) in [5.74, 6) is 0.812. The lowest BCUT2D eigenvalue weighted by Crippen LogP contribution is -2.25. The molecule has 0 aliphatic rings. The van der Waals surface area contributed by atoms with Crippen LogP contribution in [0.4, 0.5) is 0 Å². The molecule has 5 aromatic rings. The van der Waals surface area contributed by atoms with E-state index in [1.54, 1.807) is 31.3 Å². The fourth-order valence-electron chi connectivity index (χ4n) is 3.80. The van der Waals surface area contributed by atoms with Gasteiger partial charge in [-0.05, 0) is 106 Å². The average Bonchev–Trinajstić information content (AvgIpc) is 3.32. The standard InChI is InChI=1S/C27H18BrI2N3O5/c1-14(27(35)36-2)37-24-19(29)9-15(10-20(24)30)13-31-33-25(32-21-6-4-3-5-18(21)26(33)34)23-12-16-11-17(28)7-8-22(16)38-23/h3-14H,1-2H3/t14-/m1/s1. The summed E-state index contributed by atoms with van der Waals surface area (Å²) in [5.41, 5.74) is 1.63. The molecule has 0 amide bonds. The molecule has 11 heteroatoms. The molecular weight excluding hydrogens is 780 g/mol. The van der Waals surface area contributed by atoms with Gasteiger partial charge < -0.3 is 13.9 Å². The lowest BCUT2D eigenvalue weighted by molar-refractivity contribution is -0.147. The van der Waals surface area contributed by atoms with Crippen molar-refractivity contribution in [1.29, 1.82) is 0 Å². The quantitative estimate of drug-likeness (QED) is 0.109. The summed E-state index contributed by atoms with van der Waals surface area (Å²) in [5, 5.41) is 5.84. The van der Waals surface area contributed by atoms with Crippen molar-refractivity contribution in [2.45, 2.75) is 13.0 Å². The van der Waals surface area contributed by atoms with Crippen molar-refractivity contribution < 1.29 is 18.7 Å². The third-order valence-electron chi connectivity index (χ3n) is 5.62. The molecule has 0 N–H and O–H groups in total. The second-order valence-corrected chi connectivity index (χ2v) is 11.4. The molecule has 0 unspecified atom stereocenters. The minimum atomic E-state index is -0.754. The Morgan fingerprint density at radius 1 is 1.13 bits per heavy atom. The van der Waals surface area contributed by atoms with Gasteiger partial charge >= 0.3 is 5.97 Å². The van der Waals surface area contributed by atoms with Crippen LogP contribution in [0.2, 0.25) is 0 Å². The van der Waals surface area contributed by atoms with E-state index in [1.807, 2.05) is 42.5 Å². The summed E-state index contributed by atoms with van der Waals surface area (Å²) >= 11 is 7.75. The van der Waals surface area contributed by atoms with Crippen molar-refractivity contribution in [2.24, 2.45) is 5.10 Å². The largest absolute Gasteiger partial charge is 0.477 e. The number of halogens is 3. The van der Waals surface area contributed by atoms with Gasteiger partial charge in [-0.15, -0.1) is 0 Å². The second-order valence-electron chi connectivity index (χ2n) is 8.20. The van der Waals surface area contributed by atoms with E-state index in [-0.39, 0.29) is 11.4 Å². The van der Waals surface area contributed by atoms with Crippen molar-refractivity contribution in [2.75, 3.05) is 7.11 Å². The summed E-state index contributed by atoms with van der Waals surface area (Å²) in [4.78, 5) is 30.0. The SMILES string of the molecule is COC(=O)[C@@H](C)Oc1c(I)cc(C=Nn2c(-c3cc4cc(Br)ccc4o3)nc3ccccc3c2=O)cc1I. The molecule has 1 atom stereocenters. The number of carbonyl (C=O) groups excluding carboxylic acids is 1. The van der Waals surface area contributed by atoms with Crippen LogP contribution in [0.1, 0.15) is 12.5 Å². The Labute approximate surface area is 252 Å². The van der Waals surface area contributed by atoms with E-state index in [4.69, 9.17) is 18.9 Å². The number of rotatable bonds is 6. The summed E-state index contributed by atoms with van der Waals surface area (Å²) < 4.78 is 20.3. The van der Waals surface area contributed by atoms with Crippen LogP contribution in [0.25, 0.3) is 33.5 Å². The van der Waals surface area contributed by atoms with Crippen LogP contribution in [-0.4, -0.2) is 35.1 Å². The van der Waals surface area contributed by atoms with Crippen LogP contribution in [0, 0.1) is 7.14 Å². The van der Waals surface area contributed by atoms with Crippen molar-refractivity contribution in [3.63, 3.8) is 0 Å². The highest BCUT2D eigenvalue weighted by Crippen LogP contribution is 2.31. The van der Waals surface area contributed by atoms with Gasteiger partial charge in [-0.2, -0.15) is 9.78 Å². The maximum absolute atomic E-state index is 13.5. The molecular formula is C27H18BrI2N3O5. The number of para-hydroxylation sites is 1. The second kappa shape index (κ2) is 11.1. The molecule has 192 valence electrons. The van der Waals surface area contributed by atoms with E-state index in [1.165, 1.54) is 11.8 Å². The normalized spacial score (nSPS) is 12.3. The Balaban J connectivity index is 1.59. The van der Waals surface area contributed by atoms with Crippen LogP contribution in [0.15, 0.2) is 79.4 Å². The molecule has 0 radical (unpaired) electrons. The number of hydrogen-bond donors (Lipinski definition) is 0. The van der Waals surface area contributed by atoms with Gasteiger partial charge in [-0.1, -0.05) is 28.1 Å². The van der Waals surface area contributed by atoms with Gasteiger partial charge in [0.1, 0.15) is 11.3 Å². The Morgan fingerprint density at radius 3 is 2.61 bits per heavy atom. The number of aromatic nitrogens is 2. The highest BCUT2D eigenvalue weighted by atomic mass is 127. The molecule has 0 saturated heterocycles. The van der Waals surface area contributed by atoms with Gasteiger partial charge in [0.25, 0.3) is 5.56 Å². The van der Waals surface area contributed by atoms with E-state index in [0.717, 1.165) is 22.6 Å². The topological polar surface area (TPSA) is 95.9 Å². The third-order valence-corrected chi connectivity index (χ3v) is 7.72. The number of fused-ring (bicyclic) bond motifs is 2. The minimum absolute atomic E-state index is 0.286. The lowest BCUT2D eigenvalue weighted by atomic mass is 10.2. The zero-order chi connectivity index (χ0) is 27.0. The number of nitrogens with zero attached hydrogens (tertiary/aromatic N) is 3. The monoisotopic (exact) mass is 797 g/mol. The molecule has 3 aromatic carbocycles. The smallest absolute Gasteiger partial charge is 0.346 e. The van der Waals surface area contributed by atoms with Gasteiger partial charge in [0.15, 0.2) is 11.9 Å². The molecule has 0 bridgehead atoms. The highest BCUT2D eigenvalue weighted by Gasteiger charge is 2.19. The van der Waals surface area contributed by atoms with Gasteiger partial charge in [0.2, 0.25) is 5.82 Å². The zero-order valence-corrected chi connectivity index (χ0v) is 25.8. The van der Waals surface area contributed by atoms with Gasteiger partial charge in [0.05, 0.1) is 31.4 Å². The third kappa shape index (κ3) is 5.36. The Kier molecular flexibility index (Phi) is 7.86. The van der Waals surface area contributed by atoms with Crippen molar-refractivity contribution in [3.05, 3.63) is 88.2 Å². The molecule has 8 nitrogen and oxygen atoms in total. The molecule has 38 heavy (non-hydrogen) atoms. The summed E-state index contributed by atoms with van der Waals surface area (Å²) in [6.07, 6.45) is 0.828. The van der Waals surface area contributed by atoms with E-state index in [0.29, 0.717) is 28.0 Å². The Morgan fingerprint density at radius 2 is 1.87 bits per heavy atom. The summed E-state index contributed by atoms with van der Waals surface area (Å²) in [6.45, 7) is 1.63. The van der Waals surface area contributed by atoms with Gasteiger partial charge in [0, 0.05) is 9.86 Å². The van der Waals surface area contributed by atoms with E-state index < -0.39 is 12.1 Å². The first-order valence-corrected chi connectivity index (χ1v) is 14.2. The molecule has 0 fully saturated rings. The number of hydrogen-bond acceptors (Lipinski definition) is 7. The number of carbonyl (C=O) groups is 1. The van der Waals surface area contributed by atoms with Gasteiger partial charge in [-0.3, -0.25) is 4.79 Å². The molecule has 0 spiro atoms. The molecule has 5 rings (SSSR count). The van der Waals surface area contributed by atoms with Crippen LogP contribution < -0.4 is 10.3 Å². The number of furan rings is 1. The lowest BCUT2D eigenvalue weighted by Gasteiger charge is -2.15. The van der Waals surface area contributed by atoms with E-state index >= 15 is 0 Å². The predicted molar refractivity (Wildman–Crippen MR) is 166 cm³/mol. The number of esters is 1. The first kappa shape index (κ1) is 26.8. The van der Waals surface area contributed by atoms with Crippen LogP contribution in [0.3, 0.4) is 0 Å².